The summed E-state index contributed by atoms with van der Waals surface area (Å²) in [6, 6.07) is 5.84. The average Bonchev–Trinajstić information content (AvgIpc) is 1.83. The van der Waals surface area contributed by atoms with Gasteiger partial charge in [-0.2, -0.15) is 0 Å². The van der Waals surface area contributed by atoms with Gasteiger partial charge in [-0.15, -0.1) is 0 Å². The Kier molecular flexibility index (Phi) is 1.58. The average molecular weight is 138 g/mol. The highest BCUT2D eigenvalue weighted by atomic mass is 28.1. The van der Waals surface area contributed by atoms with Gasteiger partial charge in [0, 0.05) is 10.2 Å². The molecule has 1 rings (SSSR count). The minimum atomic E-state index is 0.476. The molecule has 0 aliphatic rings. The second kappa shape index (κ2) is 2.23. The van der Waals surface area contributed by atoms with Crippen LogP contribution in [-0.2, 0) is 0 Å². The zero-order valence-electron chi connectivity index (χ0n) is 5.68. The van der Waals surface area contributed by atoms with Crippen LogP contribution in [0.15, 0.2) is 18.2 Å². The molecule has 1 N–H and O–H groups in total. The van der Waals surface area contributed by atoms with Gasteiger partial charge in [0.05, 0.1) is 0 Å². The predicted octanol–water partition coefficient (Wildman–Crippen LogP) is -0.309. The number of hydrogen-bond acceptors (Lipinski definition) is 1. The first kappa shape index (κ1) is 6.36. The van der Waals surface area contributed by atoms with Crippen molar-refractivity contribution in [3.63, 3.8) is 0 Å². The van der Waals surface area contributed by atoms with Gasteiger partial charge in [-0.25, -0.2) is 0 Å². The monoisotopic (exact) mass is 138 g/mol. The molecule has 0 aliphatic heterocycles. The molecule has 9 heavy (non-hydrogen) atoms. The van der Waals surface area contributed by atoms with E-state index < -0.39 is 0 Å². The Bertz CT molecular complexity index is 200. The fourth-order valence-electron chi connectivity index (χ4n) is 0.806. The lowest BCUT2D eigenvalue weighted by molar-refractivity contribution is 0.475. The molecule has 1 nitrogen and oxygen atoms in total. The molecule has 48 valence electrons. The van der Waals surface area contributed by atoms with Crippen LogP contribution in [0.2, 0.25) is 0 Å². The molecule has 2 heteroatoms. The number of para-hydroxylation sites is 1. The van der Waals surface area contributed by atoms with Crippen molar-refractivity contribution in [1.82, 2.24) is 0 Å². The van der Waals surface area contributed by atoms with E-state index in [9.17, 15) is 5.11 Å². The fraction of sp³-hybridized carbons (Fsp3) is 0.143. The zero-order chi connectivity index (χ0) is 6.85. The summed E-state index contributed by atoms with van der Waals surface area (Å²) in [4.78, 5) is 0. The summed E-state index contributed by atoms with van der Waals surface area (Å²) in [6.07, 6.45) is 0. The third-order valence-corrected chi connectivity index (χ3v) is 2.25. The van der Waals surface area contributed by atoms with E-state index in [0.29, 0.717) is 5.75 Å². The van der Waals surface area contributed by atoms with E-state index in [1.54, 1.807) is 0 Å². The van der Waals surface area contributed by atoms with E-state index in [-0.39, 0.29) is 0 Å². The normalized spacial score (nSPS) is 9.89. The summed E-state index contributed by atoms with van der Waals surface area (Å²) in [7, 11) is 0.925. The Morgan fingerprint density at radius 1 is 1.44 bits per heavy atom. The molecule has 0 amide bonds. The van der Waals surface area contributed by atoms with E-state index in [2.05, 4.69) is 0 Å². The third kappa shape index (κ3) is 1.13. The SMILES string of the molecule is Cc1cccc([SiH3])c1O. The van der Waals surface area contributed by atoms with Crippen LogP contribution in [0.4, 0.5) is 0 Å². The van der Waals surface area contributed by atoms with E-state index in [1.165, 1.54) is 0 Å². The smallest absolute Gasteiger partial charge is 0.116 e. The highest BCUT2D eigenvalue weighted by molar-refractivity contribution is 6.34. The highest BCUT2D eigenvalue weighted by Gasteiger charge is 1.94. The summed E-state index contributed by atoms with van der Waals surface area (Å²) in [5.74, 6) is 0.476. The molecule has 0 unspecified atom stereocenters. The van der Waals surface area contributed by atoms with Crippen LogP contribution < -0.4 is 5.19 Å². The Labute approximate surface area is 57.8 Å². The van der Waals surface area contributed by atoms with Crippen LogP contribution >= 0.6 is 0 Å². The fourth-order valence-corrected chi connectivity index (χ4v) is 1.39. The molecule has 0 aromatic heterocycles. The molecule has 1 aromatic carbocycles. The quantitative estimate of drug-likeness (QED) is 0.488. The third-order valence-electron chi connectivity index (χ3n) is 1.44. The predicted molar refractivity (Wildman–Crippen MR) is 42.4 cm³/mol. The van der Waals surface area contributed by atoms with Crippen LogP contribution in [0.25, 0.3) is 0 Å². The summed E-state index contributed by atoms with van der Waals surface area (Å²) in [5.41, 5.74) is 0.975. The number of aromatic hydroxyl groups is 1. The second-order valence-electron chi connectivity index (χ2n) is 2.24. The van der Waals surface area contributed by atoms with Crippen molar-refractivity contribution < 1.29 is 5.11 Å². The molecular formula is C7H10OSi. The van der Waals surface area contributed by atoms with Crippen LogP contribution in [-0.4, -0.2) is 15.3 Å². The molecule has 1 aromatic rings. The van der Waals surface area contributed by atoms with Crippen molar-refractivity contribution in [1.29, 1.82) is 0 Å². The van der Waals surface area contributed by atoms with Gasteiger partial charge in [-0.3, -0.25) is 0 Å². The topological polar surface area (TPSA) is 20.2 Å². The van der Waals surface area contributed by atoms with Crippen molar-refractivity contribution in [2.24, 2.45) is 0 Å². The number of benzene rings is 1. The molecule has 0 bridgehead atoms. The van der Waals surface area contributed by atoms with E-state index >= 15 is 0 Å². The summed E-state index contributed by atoms with van der Waals surface area (Å²) in [5, 5.41) is 10.3. The molecule has 0 saturated heterocycles. The molecule has 0 heterocycles. The maximum atomic E-state index is 9.24. The molecule has 0 aliphatic carbocycles. The molecular weight excluding hydrogens is 128 g/mol. The maximum Gasteiger partial charge on any atom is 0.116 e. The molecule has 0 atom stereocenters. The number of hydrogen-bond donors (Lipinski definition) is 1. The summed E-state index contributed by atoms with van der Waals surface area (Å²) >= 11 is 0. The van der Waals surface area contributed by atoms with Crippen LogP contribution in [0.1, 0.15) is 5.56 Å². The Balaban J connectivity index is 3.25. The first-order valence-corrected chi connectivity index (χ1v) is 3.97. The lowest BCUT2D eigenvalue weighted by Crippen LogP contribution is -2.02. The number of rotatable bonds is 0. The Morgan fingerprint density at radius 3 is 2.56 bits per heavy atom. The van der Waals surface area contributed by atoms with Gasteiger partial charge < -0.3 is 5.11 Å². The largest absolute Gasteiger partial charge is 0.508 e. The standard InChI is InChI=1S/C7H10OSi/c1-5-3-2-4-6(9)7(5)8/h2-4,8H,1,9H3. The van der Waals surface area contributed by atoms with Crippen molar-refractivity contribution >= 4 is 15.4 Å². The first-order chi connectivity index (χ1) is 4.22. The van der Waals surface area contributed by atoms with Crippen molar-refractivity contribution in [3.05, 3.63) is 23.8 Å². The van der Waals surface area contributed by atoms with E-state index in [1.807, 2.05) is 25.1 Å². The molecule has 0 radical (unpaired) electrons. The van der Waals surface area contributed by atoms with Gasteiger partial charge in [0.15, 0.2) is 0 Å². The Morgan fingerprint density at radius 2 is 2.11 bits per heavy atom. The Hall–Kier alpha value is -0.763. The maximum absolute atomic E-state index is 9.24. The van der Waals surface area contributed by atoms with Crippen LogP contribution in [0.3, 0.4) is 0 Å². The van der Waals surface area contributed by atoms with Gasteiger partial charge >= 0.3 is 0 Å². The zero-order valence-corrected chi connectivity index (χ0v) is 7.68. The van der Waals surface area contributed by atoms with Crippen molar-refractivity contribution in [2.45, 2.75) is 6.92 Å². The molecule has 0 spiro atoms. The number of phenols is 1. The summed E-state index contributed by atoms with van der Waals surface area (Å²) < 4.78 is 0. The first-order valence-electron chi connectivity index (χ1n) is 2.97. The lowest BCUT2D eigenvalue weighted by atomic mass is 10.2. The van der Waals surface area contributed by atoms with Gasteiger partial charge in [-0.1, -0.05) is 18.2 Å². The minimum absolute atomic E-state index is 0.476. The second-order valence-corrected chi connectivity index (χ2v) is 3.32. The van der Waals surface area contributed by atoms with E-state index in [0.717, 1.165) is 21.0 Å². The number of aryl methyl sites for hydroxylation is 1. The van der Waals surface area contributed by atoms with Gasteiger partial charge in [0.2, 0.25) is 0 Å². The van der Waals surface area contributed by atoms with Crippen LogP contribution in [0.5, 0.6) is 5.75 Å². The molecule has 0 fully saturated rings. The minimum Gasteiger partial charge on any atom is -0.508 e. The highest BCUT2D eigenvalue weighted by Crippen LogP contribution is 2.09. The molecule has 0 saturated carbocycles. The van der Waals surface area contributed by atoms with Crippen molar-refractivity contribution in [2.75, 3.05) is 0 Å². The number of phenolic OH excluding ortho intramolecular Hbond substituents is 1. The van der Waals surface area contributed by atoms with Gasteiger partial charge in [-0.05, 0) is 17.7 Å². The van der Waals surface area contributed by atoms with Crippen molar-refractivity contribution in [3.8, 4) is 5.75 Å². The van der Waals surface area contributed by atoms with Gasteiger partial charge in [0.1, 0.15) is 5.75 Å². The summed E-state index contributed by atoms with van der Waals surface area (Å²) in [6.45, 7) is 1.91. The van der Waals surface area contributed by atoms with Crippen LogP contribution in [0, 0.1) is 6.92 Å². The van der Waals surface area contributed by atoms with Gasteiger partial charge in [0.25, 0.3) is 0 Å². The van der Waals surface area contributed by atoms with E-state index in [4.69, 9.17) is 0 Å². The lowest BCUT2D eigenvalue weighted by Gasteiger charge is -1.99.